The average molecular weight is 296 g/mol. The van der Waals surface area contributed by atoms with Crippen LogP contribution in [0.25, 0.3) is 0 Å². The molecule has 1 aliphatic rings. The zero-order valence-electron chi connectivity index (χ0n) is 13.3. The van der Waals surface area contributed by atoms with Gasteiger partial charge in [0.15, 0.2) is 0 Å². The quantitative estimate of drug-likeness (QED) is 0.836. The summed E-state index contributed by atoms with van der Waals surface area (Å²) < 4.78 is 5.56. The van der Waals surface area contributed by atoms with Gasteiger partial charge in [0.1, 0.15) is 5.01 Å². The van der Waals surface area contributed by atoms with Gasteiger partial charge in [0, 0.05) is 12.0 Å². The number of aromatic nitrogens is 1. The van der Waals surface area contributed by atoms with Gasteiger partial charge in [-0.05, 0) is 44.6 Å². The third-order valence-corrected chi connectivity index (χ3v) is 5.61. The van der Waals surface area contributed by atoms with E-state index in [9.17, 15) is 0 Å². The normalized spacial score (nSPS) is 18.1. The van der Waals surface area contributed by atoms with Gasteiger partial charge < -0.3 is 10.1 Å². The molecule has 1 N–H and O–H groups in total. The summed E-state index contributed by atoms with van der Waals surface area (Å²) in [6.45, 7) is 8.44. The lowest BCUT2D eigenvalue weighted by Crippen LogP contribution is -2.50. The fourth-order valence-corrected chi connectivity index (χ4v) is 4.37. The molecule has 0 saturated carbocycles. The Morgan fingerprint density at radius 2 is 2.10 bits per heavy atom. The summed E-state index contributed by atoms with van der Waals surface area (Å²) >= 11 is 1.91. The van der Waals surface area contributed by atoms with Crippen LogP contribution >= 0.6 is 11.3 Å². The highest BCUT2D eigenvalue weighted by molar-refractivity contribution is 7.11. The number of fused-ring (bicyclic) bond motifs is 1. The molecular weight excluding hydrogens is 268 g/mol. The lowest BCUT2D eigenvalue weighted by atomic mass is 9.87. The van der Waals surface area contributed by atoms with Crippen LogP contribution < -0.4 is 5.32 Å². The second-order valence-corrected chi connectivity index (χ2v) is 7.17. The molecule has 0 radical (unpaired) electrons. The standard InChI is InChI=1S/C16H28N2OS/c1-5-10-17-16(11-19-4,12(2)3)15-18-13-8-6-7-9-14(13)20-15/h12,17H,5-11H2,1-4H3. The lowest BCUT2D eigenvalue weighted by Gasteiger charge is -2.36. The molecule has 3 nitrogen and oxygen atoms in total. The van der Waals surface area contributed by atoms with Crippen LogP contribution in [0.1, 0.15) is 55.6 Å². The molecule has 20 heavy (non-hydrogen) atoms. The number of ether oxygens (including phenoxy) is 1. The van der Waals surface area contributed by atoms with Gasteiger partial charge in [0.25, 0.3) is 0 Å². The van der Waals surface area contributed by atoms with E-state index in [-0.39, 0.29) is 5.54 Å². The highest BCUT2D eigenvalue weighted by Crippen LogP contribution is 2.37. The summed E-state index contributed by atoms with van der Waals surface area (Å²) in [4.78, 5) is 6.50. The van der Waals surface area contributed by atoms with Crippen molar-refractivity contribution in [2.75, 3.05) is 20.3 Å². The number of hydrogen-bond acceptors (Lipinski definition) is 4. The molecule has 1 aliphatic carbocycles. The molecule has 2 rings (SSSR count). The molecule has 0 amide bonds. The number of nitrogens with one attached hydrogen (secondary N) is 1. The first kappa shape index (κ1) is 15.9. The molecule has 1 aromatic rings. The molecule has 0 saturated heterocycles. The van der Waals surface area contributed by atoms with Crippen molar-refractivity contribution in [3.8, 4) is 0 Å². The van der Waals surface area contributed by atoms with Crippen molar-refractivity contribution in [1.29, 1.82) is 0 Å². The highest BCUT2D eigenvalue weighted by Gasteiger charge is 2.39. The second-order valence-electron chi connectivity index (χ2n) is 6.08. The van der Waals surface area contributed by atoms with Crippen molar-refractivity contribution in [3.05, 3.63) is 15.6 Å². The minimum absolute atomic E-state index is 0.132. The van der Waals surface area contributed by atoms with Gasteiger partial charge in [0.2, 0.25) is 0 Å². The first-order valence-electron chi connectivity index (χ1n) is 7.87. The molecule has 4 heteroatoms. The number of rotatable bonds is 7. The summed E-state index contributed by atoms with van der Waals surface area (Å²) in [5, 5.41) is 4.96. The third-order valence-electron chi connectivity index (χ3n) is 4.28. The van der Waals surface area contributed by atoms with Crippen LogP contribution in [0.4, 0.5) is 0 Å². The summed E-state index contributed by atoms with van der Waals surface area (Å²) in [7, 11) is 1.79. The largest absolute Gasteiger partial charge is 0.382 e. The minimum Gasteiger partial charge on any atom is -0.382 e. The first-order chi connectivity index (χ1) is 9.64. The van der Waals surface area contributed by atoms with Gasteiger partial charge in [-0.15, -0.1) is 11.3 Å². The SMILES string of the molecule is CCCNC(COC)(c1nc2c(s1)CCCC2)C(C)C. The number of nitrogens with zero attached hydrogens (tertiary/aromatic N) is 1. The smallest absolute Gasteiger partial charge is 0.116 e. The minimum atomic E-state index is -0.132. The molecule has 1 heterocycles. The molecule has 1 aromatic heterocycles. The van der Waals surface area contributed by atoms with Crippen molar-refractivity contribution in [2.45, 2.75) is 58.4 Å². The summed E-state index contributed by atoms with van der Waals surface area (Å²) in [5.74, 6) is 0.460. The lowest BCUT2D eigenvalue weighted by molar-refractivity contribution is 0.0761. The van der Waals surface area contributed by atoms with Gasteiger partial charge in [-0.3, -0.25) is 0 Å². The first-order valence-corrected chi connectivity index (χ1v) is 8.68. The van der Waals surface area contributed by atoms with E-state index in [1.54, 1.807) is 7.11 Å². The molecule has 0 fully saturated rings. The second kappa shape index (κ2) is 7.01. The predicted octanol–water partition coefficient (Wildman–Crippen LogP) is 3.52. The molecule has 0 aliphatic heterocycles. The van der Waals surface area contributed by atoms with Gasteiger partial charge in [-0.1, -0.05) is 20.8 Å². The maximum atomic E-state index is 5.56. The Balaban J connectivity index is 2.35. The Kier molecular flexibility index (Phi) is 5.58. The van der Waals surface area contributed by atoms with Crippen molar-refractivity contribution < 1.29 is 4.74 Å². The zero-order valence-corrected chi connectivity index (χ0v) is 14.1. The molecule has 114 valence electrons. The van der Waals surface area contributed by atoms with Crippen molar-refractivity contribution >= 4 is 11.3 Å². The predicted molar refractivity (Wildman–Crippen MR) is 85.4 cm³/mol. The van der Waals surface area contributed by atoms with Gasteiger partial charge in [0.05, 0.1) is 17.8 Å². The Hall–Kier alpha value is -0.450. The summed E-state index contributed by atoms with van der Waals surface area (Å²) in [6, 6.07) is 0. The van der Waals surface area contributed by atoms with Crippen LogP contribution in [0, 0.1) is 5.92 Å². The fraction of sp³-hybridized carbons (Fsp3) is 0.812. The van der Waals surface area contributed by atoms with Crippen LogP contribution in [-0.2, 0) is 23.1 Å². The fourth-order valence-electron chi connectivity index (χ4n) is 2.92. The van der Waals surface area contributed by atoms with Crippen LogP contribution in [0.3, 0.4) is 0 Å². The van der Waals surface area contributed by atoms with Gasteiger partial charge in [-0.2, -0.15) is 0 Å². The molecule has 0 bridgehead atoms. The van der Waals surface area contributed by atoms with Gasteiger partial charge >= 0.3 is 0 Å². The van der Waals surface area contributed by atoms with Gasteiger partial charge in [-0.25, -0.2) is 4.98 Å². The Morgan fingerprint density at radius 3 is 2.70 bits per heavy atom. The molecule has 0 aromatic carbocycles. The van der Waals surface area contributed by atoms with E-state index >= 15 is 0 Å². The van der Waals surface area contributed by atoms with Crippen LogP contribution in [0.15, 0.2) is 0 Å². The Morgan fingerprint density at radius 1 is 1.35 bits per heavy atom. The zero-order chi connectivity index (χ0) is 14.6. The Bertz CT molecular complexity index is 407. The monoisotopic (exact) mass is 296 g/mol. The summed E-state index contributed by atoms with van der Waals surface area (Å²) in [6.07, 6.45) is 6.10. The van der Waals surface area contributed by atoms with E-state index in [1.807, 2.05) is 11.3 Å². The van der Waals surface area contributed by atoms with E-state index in [1.165, 1.54) is 34.8 Å². The molecule has 1 atom stereocenters. The molecular formula is C16H28N2OS. The van der Waals surface area contributed by atoms with E-state index in [4.69, 9.17) is 9.72 Å². The summed E-state index contributed by atoms with van der Waals surface area (Å²) in [5.41, 5.74) is 1.21. The van der Waals surface area contributed by atoms with E-state index < -0.39 is 0 Å². The van der Waals surface area contributed by atoms with Crippen molar-refractivity contribution in [1.82, 2.24) is 10.3 Å². The van der Waals surface area contributed by atoms with Crippen molar-refractivity contribution in [2.24, 2.45) is 5.92 Å². The van der Waals surface area contributed by atoms with Crippen molar-refractivity contribution in [3.63, 3.8) is 0 Å². The van der Waals surface area contributed by atoms with Crippen LogP contribution in [-0.4, -0.2) is 25.2 Å². The Labute approximate surface area is 127 Å². The topological polar surface area (TPSA) is 34.1 Å². The maximum absolute atomic E-state index is 5.56. The molecule has 0 spiro atoms. The number of aryl methyl sites for hydroxylation is 2. The average Bonchev–Trinajstić information content (AvgIpc) is 2.87. The maximum Gasteiger partial charge on any atom is 0.116 e. The van der Waals surface area contributed by atoms with E-state index in [0.717, 1.165) is 19.4 Å². The highest BCUT2D eigenvalue weighted by atomic mass is 32.1. The number of hydrogen-bond donors (Lipinski definition) is 1. The number of thiazole rings is 1. The third kappa shape index (κ3) is 3.07. The van der Waals surface area contributed by atoms with Crippen LogP contribution in [0.2, 0.25) is 0 Å². The van der Waals surface area contributed by atoms with E-state index in [0.29, 0.717) is 12.5 Å². The van der Waals surface area contributed by atoms with Crippen LogP contribution in [0.5, 0.6) is 0 Å². The number of methoxy groups -OCH3 is 1. The molecule has 1 unspecified atom stereocenters. The van der Waals surface area contributed by atoms with E-state index in [2.05, 4.69) is 26.1 Å².